The molecule has 0 unspecified atom stereocenters. The van der Waals surface area contributed by atoms with Gasteiger partial charge < -0.3 is 10.6 Å². The standard InChI is InChI=1S/C20H15BrN2O2/c21-18-9-5-4-8-17(18)20(25)23-16-12-10-14(11-13-16)19(24)22-15-6-2-1-3-7-15/h1-13H,(H,22,24)(H,23,25). The van der Waals surface area contributed by atoms with Gasteiger partial charge in [-0.05, 0) is 64.5 Å². The van der Waals surface area contributed by atoms with Crippen molar-refractivity contribution in [2.45, 2.75) is 0 Å². The number of amides is 2. The molecule has 0 aliphatic carbocycles. The number of halogens is 1. The lowest BCUT2D eigenvalue weighted by Gasteiger charge is -2.08. The maximum atomic E-state index is 12.3. The molecule has 0 aliphatic rings. The molecule has 3 rings (SSSR count). The molecule has 0 aromatic heterocycles. The van der Waals surface area contributed by atoms with Crippen LogP contribution in [0.15, 0.2) is 83.3 Å². The second-order valence-corrected chi connectivity index (χ2v) is 6.19. The first-order chi connectivity index (χ1) is 12.1. The number of rotatable bonds is 4. The largest absolute Gasteiger partial charge is 0.322 e. The van der Waals surface area contributed by atoms with E-state index in [-0.39, 0.29) is 11.8 Å². The molecule has 0 fully saturated rings. The number of hydrogen-bond donors (Lipinski definition) is 2. The summed E-state index contributed by atoms with van der Waals surface area (Å²) in [5, 5.41) is 5.63. The molecular formula is C20H15BrN2O2. The molecule has 4 nitrogen and oxygen atoms in total. The topological polar surface area (TPSA) is 58.2 Å². The first kappa shape index (κ1) is 16.9. The van der Waals surface area contributed by atoms with Crippen LogP contribution in [0.25, 0.3) is 0 Å². The predicted molar refractivity (Wildman–Crippen MR) is 103 cm³/mol. The van der Waals surface area contributed by atoms with Crippen molar-refractivity contribution in [1.29, 1.82) is 0 Å². The Morgan fingerprint density at radius 1 is 0.640 bits per heavy atom. The number of para-hydroxylation sites is 1. The van der Waals surface area contributed by atoms with Crippen LogP contribution in [0.3, 0.4) is 0 Å². The van der Waals surface area contributed by atoms with Crippen LogP contribution in [0.2, 0.25) is 0 Å². The summed E-state index contributed by atoms with van der Waals surface area (Å²) in [7, 11) is 0. The Morgan fingerprint density at radius 2 is 1.20 bits per heavy atom. The van der Waals surface area contributed by atoms with Crippen LogP contribution in [-0.2, 0) is 0 Å². The van der Waals surface area contributed by atoms with Crippen LogP contribution in [0.4, 0.5) is 11.4 Å². The molecule has 0 saturated heterocycles. The van der Waals surface area contributed by atoms with Gasteiger partial charge in [-0.1, -0.05) is 30.3 Å². The molecule has 5 heteroatoms. The zero-order chi connectivity index (χ0) is 17.6. The monoisotopic (exact) mass is 394 g/mol. The number of anilines is 2. The number of benzene rings is 3. The smallest absolute Gasteiger partial charge is 0.256 e. The highest BCUT2D eigenvalue weighted by atomic mass is 79.9. The SMILES string of the molecule is O=C(Nc1ccccc1)c1ccc(NC(=O)c2ccccc2Br)cc1. The minimum atomic E-state index is -0.214. The van der Waals surface area contributed by atoms with E-state index < -0.39 is 0 Å². The van der Waals surface area contributed by atoms with Crippen molar-refractivity contribution in [2.75, 3.05) is 10.6 Å². The van der Waals surface area contributed by atoms with E-state index in [2.05, 4.69) is 26.6 Å². The molecule has 3 aromatic carbocycles. The Bertz CT molecular complexity index is 893. The first-order valence-electron chi connectivity index (χ1n) is 7.66. The number of nitrogens with one attached hydrogen (secondary N) is 2. The molecule has 0 atom stereocenters. The van der Waals surface area contributed by atoms with E-state index in [1.165, 1.54) is 0 Å². The number of carbonyl (C=O) groups is 2. The normalized spacial score (nSPS) is 10.1. The molecular weight excluding hydrogens is 380 g/mol. The molecule has 3 aromatic rings. The fraction of sp³-hybridized carbons (Fsp3) is 0. The summed E-state index contributed by atoms with van der Waals surface area (Å²) in [5.41, 5.74) is 2.42. The fourth-order valence-electron chi connectivity index (χ4n) is 2.27. The lowest BCUT2D eigenvalue weighted by molar-refractivity contribution is 0.101. The highest BCUT2D eigenvalue weighted by Gasteiger charge is 2.10. The Morgan fingerprint density at radius 3 is 1.88 bits per heavy atom. The molecule has 0 heterocycles. The fourth-order valence-corrected chi connectivity index (χ4v) is 2.74. The second-order valence-electron chi connectivity index (χ2n) is 5.33. The molecule has 25 heavy (non-hydrogen) atoms. The quantitative estimate of drug-likeness (QED) is 0.657. The van der Waals surface area contributed by atoms with Crippen molar-refractivity contribution in [3.63, 3.8) is 0 Å². The molecule has 0 spiro atoms. The lowest BCUT2D eigenvalue weighted by Crippen LogP contribution is -2.14. The highest BCUT2D eigenvalue weighted by molar-refractivity contribution is 9.10. The third-order valence-electron chi connectivity index (χ3n) is 3.56. The van der Waals surface area contributed by atoms with Crippen molar-refractivity contribution < 1.29 is 9.59 Å². The number of hydrogen-bond acceptors (Lipinski definition) is 2. The van der Waals surface area contributed by atoms with Gasteiger partial charge in [-0.25, -0.2) is 0 Å². The van der Waals surface area contributed by atoms with Crippen molar-refractivity contribution in [1.82, 2.24) is 0 Å². The third-order valence-corrected chi connectivity index (χ3v) is 4.25. The maximum absolute atomic E-state index is 12.3. The van der Waals surface area contributed by atoms with Crippen molar-refractivity contribution in [2.24, 2.45) is 0 Å². The Hall–Kier alpha value is -2.92. The van der Waals surface area contributed by atoms with E-state index in [1.807, 2.05) is 42.5 Å². The zero-order valence-electron chi connectivity index (χ0n) is 13.2. The molecule has 0 bridgehead atoms. The van der Waals surface area contributed by atoms with Crippen molar-refractivity contribution in [3.8, 4) is 0 Å². The predicted octanol–water partition coefficient (Wildman–Crippen LogP) is 4.95. The summed E-state index contributed by atoms with van der Waals surface area (Å²) in [4.78, 5) is 24.5. The van der Waals surface area contributed by atoms with Crippen LogP contribution in [0.1, 0.15) is 20.7 Å². The van der Waals surface area contributed by atoms with Gasteiger partial charge >= 0.3 is 0 Å². The van der Waals surface area contributed by atoms with Crippen LogP contribution < -0.4 is 10.6 Å². The average molecular weight is 395 g/mol. The van der Waals surface area contributed by atoms with Gasteiger partial charge in [0.25, 0.3) is 11.8 Å². The lowest BCUT2D eigenvalue weighted by atomic mass is 10.1. The van der Waals surface area contributed by atoms with E-state index in [0.29, 0.717) is 16.8 Å². The van der Waals surface area contributed by atoms with Gasteiger partial charge in [-0.2, -0.15) is 0 Å². The molecule has 0 aliphatic heterocycles. The average Bonchev–Trinajstić information content (AvgIpc) is 2.63. The highest BCUT2D eigenvalue weighted by Crippen LogP contribution is 2.18. The van der Waals surface area contributed by atoms with Crippen molar-refractivity contribution in [3.05, 3.63) is 94.5 Å². The first-order valence-corrected chi connectivity index (χ1v) is 8.45. The van der Waals surface area contributed by atoms with Gasteiger partial charge in [0.15, 0.2) is 0 Å². The van der Waals surface area contributed by atoms with Gasteiger partial charge in [0.1, 0.15) is 0 Å². The van der Waals surface area contributed by atoms with Gasteiger partial charge in [0, 0.05) is 21.4 Å². The minimum Gasteiger partial charge on any atom is -0.322 e. The maximum Gasteiger partial charge on any atom is 0.256 e. The van der Waals surface area contributed by atoms with E-state index >= 15 is 0 Å². The van der Waals surface area contributed by atoms with E-state index in [1.54, 1.807) is 36.4 Å². The minimum absolute atomic E-state index is 0.199. The van der Waals surface area contributed by atoms with Gasteiger partial charge in [-0.15, -0.1) is 0 Å². The van der Waals surface area contributed by atoms with Crippen LogP contribution in [-0.4, -0.2) is 11.8 Å². The Balaban J connectivity index is 1.67. The Kier molecular flexibility index (Phi) is 5.26. The second kappa shape index (κ2) is 7.77. The third kappa shape index (κ3) is 4.33. The van der Waals surface area contributed by atoms with E-state index in [9.17, 15) is 9.59 Å². The summed E-state index contributed by atoms with van der Waals surface area (Å²) >= 11 is 3.36. The van der Waals surface area contributed by atoms with E-state index in [4.69, 9.17) is 0 Å². The van der Waals surface area contributed by atoms with Crippen LogP contribution in [0, 0.1) is 0 Å². The summed E-state index contributed by atoms with van der Waals surface area (Å²) in [6, 6.07) is 23.2. The Labute approximate surface area is 154 Å². The summed E-state index contributed by atoms with van der Waals surface area (Å²) in [6.45, 7) is 0. The summed E-state index contributed by atoms with van der Waals surface area (Å²) in [6.07, 6.45) is 0. The summed E-state index contributed by atoms with van der Waals surface area (Å²) < 4.78 is 0.728. The van der Waals surface area contributed by atoms with Crippen LogP contribution >= 0.6 is 15.9 Å². The molecule has 0 radical (unpaired) electrons. The van der Waals surface area contributed by atoms with Crippen LogP contribution in [0.5, 0.6) is 0 Å². The summed E-state index contributed by atoms with van der Waals surface area (Å²) in [5.74, 6) is -0.413. The molecule has 0 saturated carbocycles. The van der Waals surface area contributed by atoms with E-state index in [0.717, 1.165) is 10.2 Å². The number of carbonyl (C=O) groups excluding carboxylic acids is 2. The molecule has 2 N–H and O–H groups in total. The molecule has 2 amide bonds. The molecule has 124 valence electrons. The van der Waals surface area contributed by atoms with Gasteiger partial charge in [0.05, 0.1) is 5.56 Å². The van der Waals surface area contributed by atoms with Gasteiger partial charge in [-0.3, -0.25) is 9.59 Å². The van der Waals surface area contributed by atoms with Gasteiger partial charge in [0.2, 0.25) is 0 Å². The zero-order valence-corrected chi connectivity index (χ0v) is 14.8. The van der Waals surface area contributed by atoms with Crippen molar-refractivity contribution >= 4 is 39.1 Å².